The number of nitrogen functional groups attached to an aromatic ring is 1. The van der Waals surface area contributed by atoms with E-state index in [9.17, 15) is 4.79 Å². The number of fused-ring (bicyclic) bond motifs is 1. The average Bonchev–Trinajstić information content (AvgIpc) is 2.53. The van der Waals surface area contributed by atoms with Gasteiger partial charge in [0.15, 0.2) is 0 Å². The van der Waals surface area contributed by atoms with Crippen molar-refractivity contribution < 1.29 is 9.53 Å². The van der Waals surface area contributed by atoms with Crippen molar-refractivity contribution in [1.29, 1.82) is 0 Å². The predicted molar refractivity (Wildman–Crippen MR) is 57.6 cm³/mol. The van der Waals surface area contributed by atoms with Crippen LogP contribution in [0.1, 0.15) is 10.4 Å². The Labute approximate surface area is 85.1 Å². The first-order valence-corrected chi connectivity index (χ1v) is 4.91. The molecule has 0 unspecified atom stereocenters. The molecule has 0 saturated heterocycles. The summed E-state index contributed by atoms with van der Waals surface area (Å²) in [5, 5.41) is 1.37. The van der Waals surface area contributed by atoms with E-state index in [2.05, 4.69) is 4.74 Å². The van der Waals surface area contributed by atoms with Gasteiger partial charge < -0.3 is 10.5 Å². The van der Waals surface area contributed by atoms with E-state index in [1.807, 2.05) is 24.3 Å². The van der Waals surface area contributed by atoms with Crippen LogP contribution < -0.4 is 5.73 Å². The smallest absolute Gasteiger partial charge is 0.341 e. The Morgan fingerprint density at radius 3 is 2.86 bits per heavy atom. The average molecular weight is 207 g/mol. The molecule has 0 bridgehead atoms. The maximum atomic E-state index is 11.4. The van der Waals surface area contributed by atoms with E-state index in [1.54, 1.807) is 0 Å². The molecule has 14 heavy (non-hydrogen) atoms. The lowest BCUT2D eigenvalue weighted by atomic mass is 10.2. The van der Waals surface area contributed by atoms with E-state index in [4.69, 9.17) is 5.73 Å². The van der Waals surface area contributed by atoms with Crippen molar-refractivity contribution in [3.05, 3.63) is 29.8 Å². The molecule has 0 spiro atoms. The van der Waals surface area contributed by atoms with Gasteiger partial charge in [0.05, 0.1) is 7.11 Å². The number of anilines is 1. The van der Waals surface area contributed by atoms with Gasteiger partial charge in [-0.05, 0) is 6.07 Å². The summed E-state index contributed by atoms with van der Waals surface area (Å²) in [6.45, 7) is 0. The van der Waals surface area contributed by atoms with Crippen LogP contribution >= 0.6 is 11.3 Å². The second-order valence-electron chi connectivity index (χ2n) is 2.83. The maximum Gasteiger partial charge on any atom is 0.341 e. The molecular weight excluding hydrogens is 198 g/mol. The number of hydrogen-bond acceptors (Lipinski definition) is 4. The Hall–Kier alpha value is -1.55. The summed E-state index contributed by atoms with van der Waals surface area (Å²) in [5.41, 5.74) is 6.23. The Morgan fingerprint density at radius 2 is 2.14 bits per heavy atom. The molecule has 0 fully saturated rings. The van der Waals surface area contributed by atoms with Gasteiger partial charge in [-0.25, -0.2) is 4.79 Å². The Balaban J connectivity index is 2.74. The van der Waals surface area contributed by atoms with Gasteiger partial charge in [-0.2, -0.15) is 0 Å². The lowest BCUT2D eigenvalue weighted by molar-refractivity contribution is 0.0604. The maximum absolute atomic E-state index is 11.4. The zero-order valence-electron chi connectivity index (χ0n) is 7.61. The highest BCUT2D eigenvalue weighted by Gasteiger charge is 2.16. The summed E-state index contributed by atoms with van der Waals surface area (Å²) in [6.07, 6.45) is 0. The van der Waals surface area contributed by atoms with Crippen LogP contribution in [0.2, 0.25) is 0 Å². The predicted octanol–water partition coefficient (Wildman–Crippen LogP) is 2.27. The fourth-order valence-electron chi connectivity index (χ4n) is 1.38. The van der Waals surface area contributed by atoms with Crippen molar-refractivity contribution in [3.8, 4) is 0 Å². The van der Waals surface area contributed by atoms with Gasteiger partial charge in [-0.1, -0.05) is 18.2 Å². The Bertz CT molecular complexity index is 490. The molecule has 2 rings (SSSR count). The van der Waals surface area contributed by atoms with Crippen molar-refractivity contribution in [2.75, 3.05) is 12.8 Å². The summed E-state index contributed by atoms with van der Waals surface area (Å²) >= 11 is 1.40. The number of methoxy groups -OCH3 is 1. The standard InChI is InChI=1S/C10H9NO2S/c1-13-10(12)8-6-4-2-3-5-7(6)14-9(8)11/h2-5H,11H2,1H3. The van der Waals surface area contributed by atoms with Crippen molar-refractivity contribution in [2.24, 2.45) is 0 Å². The van der Waals surface area contributed by atoms with Crippen molar-refractivity contribution >= 4 is 32.4 Å². The van der Waals surface area contributed by atoms with Crippen LogP contribution in [0, 0.1) is 0 Å². The lowest BCUT2D eigenvalue weighted by Crippen LogP contribution is -2.02. The molecule has 2 aromatic rings. The number of rotatable bonds is 1. The summed E-state index contributed by atoms with van der Waals surface area (Å²) in [4.78, 5) is 11.4. The minimum Gasteiger partial charge on any atom is -0.465 e. The first kappa shape index (κ1) is 9.02. The molecule has 2 N–H and O–H groups in total. The second kappa shape index (κ2) is 3.31. The summed E-state index contributed by atoms with van der Waals surface area (Å²) in [5.74, 6) is -0.375. The van der Waals surface area contributed by atoms with Crippen molar-refractivity contribution in [1.82, 2.24) is 0 Å². The summed E-state index contributed by atoms with van der Waals surface area (Å²) in [6, 6.07) is 7.59. The quantitative estimate of drug-likeness (QED) is 0.730. The zero-order valence-corrected chi connectivity index (χ0v) is 8.43. The fraction of sp³-hybridized carbons (Fsp3) is 0.100. The largest absolute Gasteiger partial charge is 0.465 e. The third-order valence-corrected chi connectivity index (χ3v) is 3.01. The highest BCUT2D eigenvalue weighted by molar-refractivity contribution is 7.23. The number of carbonyl (C=O) groups excluding carboxylic acids is 1. The first-order chi connectivity index (χ1) is 6.74. The monoisotopic (exact) mass is 207 g/mol. The summed E-state index contributed by atoms with van der Waals surface area (Å²) in [7, 11) is 1.36. The third-order valence-electron chi connectivity index (χ3n) is 2.01. The minimum absolute atomic E-state index is 0.375. The number of ether oxygens (including phenoxy) is 1. The van der Waals surface area contributed by atoms with Gasteiger partial charge in [0.1, 0.15) is 10.6 Å². The van der Waals surface area contributed by atoms with E-state index in [0.29, 0.717) is 10.6 Å². The molecule has 0 aliphatic carbocycles. The Morgan fingerprint density at radius 1 is 1.43 bits per heavy atom. The van der Waals surface area contributed by atoms with E-state index in [1.165, 1.54) is 18.4 Å². The molecule has 0 saturated carbocycles. The van der Waals surface area contributed by atoms with Crippen LogP contribution in [0.15, 0.2) is 24.3 Å². The van der Waals surface area contributed by atoms with Crippen LogP contribution in [-0.4, -0.2) is 13.1 Å². The topological polar surface area (TPSA) is 52.3 Å². The lowest BCUT2D eigenvalue weighted by Gasteiger charge is -1.97. The van der Waals surface area contributed by atoms with Crippen LogP contribution in [0.3, 0.4) is 0 Å². The van der Waals surface area contributed by atoms with Gasteiger partial charge in [0.25, 0.3) is 0 Å². The van der Waals surface area contributed by atoms with Gasteiger partial charge in [-0.15, -0.1) is 11.3 Å². The molecule has 0 atom stereocenters. The molecule has 3 nitrogen and oxygen atoms in total. The number of hydrogen-bond donors (Lipinski definition) is 1. The van der Waals surface area contributed by atoms with Gasteiger partial charge in [-0.3, -0.25) is 0 Å². The van der Waals surface area contributed by atoms with Gasteiger partial charge >= 0.3 is 5.97 Å². The zero-order chi connectivity index (χ0) is 10.1. The van der Waals surface area contributed by atoms with Gasteiger partial charge in [0, 0.05) is 10.1 Å². The van der Waals surface area contributed by atoms with E-state index in [0.717, 1.165) is 10.1 Å². The highest BCUT2D eigenvalue weighted by atomic mass is 32.1. The molecule has 0 amide bonds. The van der Waals surface area contributed by atoms with Crippen molar-refractivity contribution in [3.63, 3.8) is 0 Å². The summed E-state index contributed by atoms with van der Waals surface area (Å²) < 4.78 is 5.68. The van der Waals surface area contributed by atoms with Crippen LogP contribution in [0.5, 0.6) is 0 Å². The molecule has 0 radical (unpaired) electrons. The van der Waals surface area contributed by atoms with E-state index in [-0.39, 0.29) is 5.97 Å². The highest BCUT2D eigenvalue weighted by Crippen LogP contribution is 2.33. The minimum atomic E-state index is -0.375. The molecule has 4 heteroatoms. The normalized spacial score (nSPS) is 10.4. The van der Waals surface area contributed by atoms with Crippen LogP contribution in [0.25, 0.3) is 10.1 Å². The SMILES string of the molecule is COC(=O)c1c(N)sc2ccccc12. The van der Waals surface area contributed by atoms with E-state index >= 15 is 0 Å². The van der Waals surface area contributed by atoms with E-state index < -0.39 is 0 Å². The van der Waals surface area contributed by atoms with Crippen molar-refractivity contribution in [2.45, 2.75) is 0 Å². The molecule has 1 heterocycles. The van der Waals surface area contributed by atoms with Crippen LogP contribution in [0.4, 0.5) is 5.00 Å². The second-order valence-corrected chi connectivity index (χ2v) is 3.91. The van der Waals surface area contributed by atoms with Gasteiger partial charge in [0.2, 0.25) is 0 Å². The number of thiophene rings is 1. The molecule has 0 aliphatic rings. The molecule has 0 aliphatic heterocycles. The molecule has 1 aromatic heterocycles. The Kier molecular flexibility index (Phi) is 2.13. The number of esters is 1. The molecule has 1 aromatic carbocycles. The third kappa shape index (κ3) is 1.24. The number of nitrogens with two attached hydrogens (primary N) is 1. The van der Waals surface area contributed by atoms with Crippen LogP contribution in [-0.2, 0) is 4.74 Å². The first-order valence-electron chi connectivity index (χ1n) is 4.09. The molecular formula is C10H9NO2S. The number of benzene rings is 1. The fourth-order valence-corrected chi connectivity index (χ4v) is 2.34. The molecule has 72 valence electrons. The number of carbonyl (C=O) groups is 1.